The minimum absolute atomic E-state index is 0. The van der Waals surface area contributed by atoms with Crippen LogP contribution in [0.3, 0.4) is 0 Å². The van der Waals surface area contributed by atoms with E-state index in [9.17, 15) is 0 Å². The zero-order valence-corrected chi connectivity index (χ0v) is 44.1. The Morgan fingerprint density at radius 3 is 1.82 bits per heavy atom. The molecule has 74 heavy (non-hydrogen) atoms. The second-order valence-corrected chi connectivity index (χ2v) is 20.1. The second-order valence-electron chi connectivity index (χ2n) is 20.1. The van der Waals surface area contributed by atoms with Crippen molar-refractivity contribution in [3.8, 4) is 39.4 Å². The van der Waals surface area contributed by atoms with Crippen molar-refractivity contribution >= 4 is 68.0 Å². The maximum absolute atomic E-state index is 5.06. The molecule has 0 unspecified atom stereocenters. The summed E-state index contributed by atoms with van der Waals surface area (Å²) in [5.41, 5.74) is 19.3. The summed E-state index contributed by atoms with van der Waals surface area (Å²) in [6.07, 6.45) is 5.85. The van der Waals surface area contributed by atoms with Crippen LogP contribution in [0.2, 0.25) is 0 Å². The predicted molar refractivity (Wildman–Crippen MR) is 301 cm³/mol. The number of para-hydroxylation sites is 5. The number of aromatic nitrogens is 4. The van der Waals surface area contributed by atoms with Crippen LogP contribution < -0.4 is 19.7 Å². The normalized spacial score (nSPS) is 12.5. The van der Waals surface area contributed by atoms with Gasteiger partial charge in [0.05, 0.1) is 16.7 Å². The molecule has 12 aromatic rings. The predicted octanol–water partition coefficient (Wildman–Crippen LogP) is 14.7. The first-order chi connectivity index (χ1) is 35.7. The Hall–Kier alpha value is -8.25. The Bertz CT molecular complexity index is 3990. The molecule has 1 aliphatic rings. The van der Waals surface area contributed by atoms with Crippen LogP contribution in [0.25, 0.3) is 72.3 Å². The first kappa shape index (κ1) is 46.8. The zero-order valence-electron chi connectivity index (χ0n) is 41.9. The molecule has 0 N–H and O–H groups in total. The van der Waals surface area contributed by atoms with E-state index in [0.29, 0.717) is 0 Å². The Labute approximate surface area is 447 Å². The summed E-state index contributed by atoms with van der Waals surface area (Å²) in [5, 5.41) is 2.26. The minimum Gasteiger partial charge on any atom is -0.415 e. The van der Waals surface area contributed by atoms with Crippen LogP contribution in [0, 0.1) is 32.3 Å². The second kappa shape index (κ2) is 18.7. The van der Waals surface area contributed by atoms with Crippen LogP contribution in [0.5, 0.6) is 0 Å². The van der Waals surface area contributed by atoms with Gasteiger partial charge >= 0.3 is 6.98 Å². The number of imidazole rings is 1. The maximum Gasteiger partial charge on any atom is 0.406 e. The molecule has 3 aromatic heterocycles. The van der Waals surface area contributed by atoms with E-state index in [1.807, 2.05) is 6.20 Å². The molecular weight excluding hydrogens is 1080 g/mol. The van der Waals surface area contributed by atoms with E-state index in [4.69, 9.17) is 4.98 Å². The fourth-order valence-electron chi connectivity index (χ4n) is 11.1. The Kier molecular flexibility index (Phi) is 11.8. The third-order valence-corrected chi connectivity index (χ3v) is 14.6. The molecule has 6 nitrogen and oxygen atoms in total. The third kappa shape index (κ3) is 7.77. The average Bonchev–Trinajstić information content (AvgIpc) is 4.09. The first-order valence-electron chi connectivity index (χ1n) is 25.1. The summed E-state index contributed by atoms with van der Waals surface area (Å²) in [6.45, 7) is 10.9. The number of nitrogens with zero attached hydrogens (tertiary/aromatic N) is 6. The van der Waals surface area contributed by atoms with Crippen molar-refractivity contribution in [2.45, 2.75) is 40.0 Å². The van der Waals surface area contributed by atoms with Crippen molar-refractivity contribution in [3.63, 3.8) is 0 Å². The Morgan fingerprint density at radius 2 is 1.14 bits per heavy atom. The van der Waals surface area contributed by atoms with Crippen LogP contribution in [0.15, 0.2) is 219 Å². The number of pyridine rings is 1. The summed E-state index contributed by atoms with van der Waals surface area (Å²) in [6, 6.07) is 84.1. The summed E-state index contributed by atoms with van der Waals surface area (Å²) < 4.78 is 6.72. The third-order valence-electron chi connectivity index (χ3n) is 14.6. The molecule has 0 aliphatic carbocycles. The van der Waals surface area contributed by atoms with Crippen molar-refractivity contribution in [2.75, 3.05) is 9.62 Å². The molecule has 360 valence electrons. The quantitative estimate of drug-likeness (QED) is 0.0864. The molecule has 8 heteroatoms. The van der Waals surface area contributed by atoms with Gasteiger partial charge in [0.25, 0.3) is 6.33 Å². The van der Waals surface area contributed by atoms with Gasteiger partial charge in [-0.1, -0.05) is 218 Å². The van der Waals surface area contributed by atoms with Gasteiger partial charge < -0.3 is 18.8 Å². The molecule has 0 fully saturated rings. The molecule has 0 saturated carbocycles. The molecule has 13 rings (SSSR count). The molecule has 0 spiro atoms. The summed E-state index contributed by atoms with van der Waals surface area (Å²) >= 11 is 0. The van der Waals surface area contributed by atoms with Crippen molar-refractivity contribution in [1.29, 1.82) is 0 Å². The van der Waals surface area contributed by atoms with Crippen LogP contribution in [0.4, 0.5) is 22.7 Å². The topological polar surface area (TPSA) is 33.1 Å². The van der Waals surface area contributed by atoms with Crippen LogP contribution in [0.1, 0.15) is 37.5 Å². The fourth-order valence-corrected chi connectivity index (χ4v) is 11.1. The largest absolute Gasteiger partial charge is 0.415 e. The van der Waals surface area contributed by atoms with Gasteiger partial charge in [0.1, 0.15) is 5.82 Å². The smallest absolute Gasteiger partial charge is 0.406 e. The molecule has 0 bridgehead atoms. The van der Waals surface area contributed by atoms with Crippen molar-refractivity contribution in [1.82, 2.24) is 14.1 Å². The van der Waals surface area contributed by atoms with E-state index in [-0.39, 0.29) is 33.5 Å². The number of anilines is 4. The van der Waals surface area contributed by atoms with Gasteiger partial charge in [-0.05, 0) is 93.9 Å². The number of rotatable bonds is 8. The van der Waals surface area contributed by atoms with Gasteiger partial charge in [0, 0.05) is 38.5 Å². The molecule has 4 heterocycles. The van der Waals surface area contributed by atoms with Crippen LogP contribution in [-0.2, 0) is 26.5 Å². The van der Waals surface area contributed by atoms with Gasteiger partial charge in [-0.15, -0.1) is 18.2 Å². The van der Waals surface area contributed by atoms with Crippen molar-refractivity contribution < 1.29 is 25.6 Å². The number of hydrogen-bond acceptors (Lipinski definition) is 3. The molecule has 9 aromatic carbocycles. The molecular formula is C66H51BN6Pt-2. The van der Waals surface area contributed by atoms with E-state index in [1.54, 1.807) is 0 Å². The maximum atomic E-state index is 5.06. The van der Waals surface area contributed by atoms with Crippen LogP contribution in [-0.4, -0.2) is 21.1 Å². The first-order valence-corrected chi connectivity index (χ1v) is 25.1. The van der Waals surface area contributed by atoms with Crippen molar-refractivity contribution in [2.24, 2.45) is 0 Å². The minimum atomic E-state index is -0.295. The molecule has 0 amide bonds. The average molecular weight is 1130 g/mol. The van der Waals surface area contributed by atoms with E-state index in [0.717, 1.165) is 95.0 Å². The zero-order chi connectivity index (χ0) is 49.4. The Morgan fingerprint density at radius 1 is 0.541 bits per heavy atom. The van der Waals surface area contributed by atoms with Gasteiger partial charge in [0.15, 0.2) is 0 Å². The van der Waals surface area contributed by atoms with Crippen molar-refractivity contribution in [3.05, 3.63) is 254 Å². The van der Waals surface area contributed by atoms with E-state index in [1.165, 1.54) is 22.2 Å². The molecule has 0 saturated heterocycles. The van der Waals surface area contributed by atoms with Crippen LogP contribution >= 0.6 is 0 Å². The van der Waals surface area contributed by atoms with Gasteiger partial charge in [-0.3, -0.25) is 4.57 Å². The molecule has 1 aliphatic heterocycles. The Balaban J connectivity index is 0.00000556. The van der Waals surface area contributed by atoms with Gasteiger partial charge in [-0.25, -0.2) is 4.98 Å². The van der Waals surface area contributed by atoms with E-state index >= 15 is 0 Å². The summed E-state index contributed by atoms with van der Waals surface area (Å²) in [4.78, 5) is 10.0. The number of fused-ring (bicyclic) bond motifs is 5. The fraction of sp³-hybridized carbons (Fsp3) is 0.0909. The van der Waals surface area contributed by atoms with Gasteiger partial charge in [0.2, 0.25) is 0 Å². The monoisotopic (exact) mass is 1130 g/mol. The summed E-state index contributed by atoms with van der Waals surface area (Å²) in [5.74, 6) is 0.867. The van der Waals surface area contributed by atoms with E-state index in [2.05, 4.69) is 289 Å². The van der Waals surface area contributed by atoms with Gasteiger partial charge in [-0.2, -0.15) is 18.2 Å². The standard InChI is InChI=1S/C66H51BN6.Pt/c1-45-22-19-23-46(2)64(45)67-72(50-28-13-8-14-29-50)61-42-56-55-32-15-16-35-57(55)71(63-40-49(38-39-68-63)66(3,4)5)60(56)43-62(61)73(67)52-31-20-30-51(41-52)69-44-70(59-37-18-17-36-58(59)69)65-53(47-24-9-6-10-25-47)33-21-34-54(65)48-26-11-7-12-27-48;/h6-40,42H,1-5H3;/q-2;. The molecule has 0 radical (unpaired) electrons. The number of benzene rings is 9. The number of aryl methyl sites for hydroxylation is 2. The van der Waals surface area contributed by atoms with E-state index < -0.39 is 0 Å². The SMILES string of the molecule is Cc1cccc(C)c1B1N(c2[c-]c(-n3[c-][n+](-c4c(-c5ccccc5)cccc4-c4ccccc4)c4ccccc43)ccc2)c2[c-]c3c(cc2N1c1ccccc1)c1ccccc1n3-c1cc(C(C)(C)C)ccn1.[Pt]. The number of hydrogen-bond donors (Lipinski definition) is 0. The summed E-state index contributed by atoms with van der Waals surface area (Å²) in [7, 11) is 0. The molecule has 0 atom stereocenters.